The zero-order valence-corrected chi connectivity index (χ0v) is 12.0. The number of hydrogen-bond acceptors (Lipinski definition) is 3. The van der Waals surface area contributed by atoms with Crippen molar-refractivity contribution in [1.29, 1.82) is 0 Å². The van der Waals surface area contributed by atoms with E-state index in [-0.39, 0.29) is 6.04 Å². The molecule has 0 spiro atoms. The lowest BCUT2D eigenvalue weighted by Crippen LogP contribution is -2.28. The van der Waals surface area contributed by atoms with E-state index in [4.69, 9.17) is 17.3 Å². The summed E-state index contributed by atoms with van der Waals surface area (Å²) in [4.78, 5) is 2.17. The third-order valence-electron chi connectivity index (χ3n) is 3.06. The summed E-state index contributed by atoms with van der Waals surface area (Å²) >= 11 is 6.15. The molecule has 2 N–H and O–H groups in total. The van der Waals surface area contributed by atoms with Gasteiger partial charge in [-0.15, -0.1) is 0 Å². The summed E-state index contributed by atoms with van der Waals surface area (Å²) in [6.07, 6.45) is 3.77. The molecule has 5 heteroatoms. The van der Waals surface area contributed by atoms with Crippen LogP contribution >= 0.6 is 11.6 Å². The van der Waals surface area contributed by atoms with E-state index in [0.29, 0.717) is 0 Å². The molecule has 1 aromatic heterocycles. The van der Waals surface area contributed by atoms with Crippen molar-refractivity contribution < 1.29 is 0 Å². The maximum Gasteiger partial charge on any atom is 0.0537 e. The van der Waals surface area contributed by atoms with Crippen LogP contribution in [0.4, 0.5) is 0 Å². The Morgan fingerprint density at radius 2 is 2.16 bits per heavy atom. The predicted octanol–water partition coefficient (Wildman–Crippen LogP) is 2.21. The van der Waals surface area contributed by atoms with E-state index in [1.54, 1.807) is 4.68 Å². The minimum absolute atomic E-state index is 0.0406. The van der Waals surface area contributed by atoms with Crippen molar-refractivity contribution in [1.82, 2.24) is 14.7 Å². The summed E-state index contributed by atoms with van der Waals surface area (Å²) < 4.78 is 1.77. The van der Waals surface area contributed by atoms with E-state index in [1.807, 2.05) is 50.8 Å². The third-order valence-corrected chi connectivity index (χ3v) is 3.43. The minimum Gasteiger partial charge on any atom is -0.323 e. The van der Waals surface area contributed by atoms with Gasteiger partial charge in [0.05, 0.1) is 6.20 Å². The molecule has 0 bridgehead atoms. The summed E-state index contributed by atoms with van der Waals surface area (Å²) in [6.45, 7) is 1.55. The molecule has 1 atom stereocenters. The summed E-state index contributed by atoms with van der Waals surface area (Å²) in [6, 6.07) is 7.84. The largest absolute Gasteiger partial charge is 0.323 e. The molecule has 1 unspecified atom stereocenters. The van der Waals surface area contributed by atoms with Crippen LogP contribution < -0.4 is 5.73 Å². The second-order valence-corrected chi connectivity index (χ2v) is 5.25. The minimum atomic E-state index is -0.0406. The van der Waals surface area contributed by atoms with Gasteiger partial charge in [0.1, 0.15) is 0 Å². The van der Waals surface area contributed by atoms with Crippen molar-refractivity contribution in [3.05, 3.63) is 52.8 Å². The molecule has 19 heavy (non-hydrogen) atoms. The van der Waals surface area contributed by atoms with Gasteiger partial charge in [0, 0.05) is 43.0 Å². The van der Waals surface area contributed by atoms with Crippen molar-refractivity contribution in [3.63, 3.8) is 0 Å². The SMILES string of the molecule is CN(Cc1ccccc1Cl)CC(N)c1cnn(C)c1. The van der Waals surface area contributed by atoms with E-state index in [9.17, 15) is 0 Å². The Bertz CT molecular complexity index is 538. The van der Waals surface area contributed by atoms with Crippen LogP contribution in [-0.4, -0.2) is 28.3 Å². The van der Waals surface area contributed by atoms with Gasteiger partial charge < -0.3 is 10.6 Å². The maximum atomic E-state index is 6.17. The van der Waals surface area contributed by atoms with E-state index in [2.05, 4.69) is 10.00 Å². The van der Waals surface area contributed by atoms with Crippen LogP contribution in [-0.2, 0) is 13.6 Å². The Morgan fingerprint density at radius 1 is 1.42 bits per heavy atom. The quantitative estimate of drug-likeness (QED) is 0.912. The molecular formula is C14H19ClN4. The van der Waals surface area contributed by atoms with Crippen LogP contribution in [0, 0.1) is 0 Å². The molecule has 1 aromatic carbocycles. The zero-order chi connectivity index (χ0) is 13.8. The molecule has 0 aliphatic rings. The van der Waals surface area contributed by atoms with Crippen LogP contribution in [0.1, 0.15) is 17.2 Å². The van der Waals surface area contributed by atoms with Gasteiger partial charge in [-0.05, 0) is 18.7 Å². The number of halogens is 1. The number of likely N-dealkylation sites (N-methyl/N-ethyl adjacent to an activating group) is 1. The third kappa shape index (κ3) is 3.80. The highest BCUT2D eigenvalue weighted by atomic mass is 35.5. The molecule has 102 valence electrons. The fraction of sp³-hybridized carbons (Fsp3) is 0.357. The molecule has 2 aromatic rings. The van der Waals surface area contributed by atoms with Gasteiger partial charge in [0.25, 0.3) is 0 Å². The lowest BCUT2D eigenvalue weighted by molar-refractivity contribution is 0.305. The Hall–Kier alpha value is -1.36. The Labute approximate surface area is 118 Å². The molecule has 0 amide bonds. The van der Waals surface area contributed by atoms with E-state index < -0.39 is 0 Å². The second-order valence-electron chi connectivity index (χ2n) is 4.84. The van der Waals surface area contributed by atoms with E-state index in [1.165, 1.54) is 0 Å². The molecule has 0 radical (unpaired) electrons. The van der Waals surface area contributed by atoms with Gasteiger partial charge in [-0.25, -0.2) is 0 Å². The summed E-state index contributed by atoms with van der Waals surface area (Å²) in [5, 5.41) is 4.94. The zero-order valence-electron chi connectivity index (χ0n) is 11.3. The number of aromatic nitrogens is 2. The Kier molecular flexibility index (Phi) is 4.58. The van der Waals surface area contributed by atoms with Gasteiger partial charge in [-0.1, -0.05) is 29.8 Å². The first-order chi connectivity index (χ1) is 9.06. The molecule has 0 aliphatic heterocycles. The molecular weight excluding hydrogens is 260 g/mol. The molecule has 0 saturated carbocycles. The van der Waals surface area contributed by atoms with Crippen LogP contribution in [0.15, 0.2) is 36.7 Å². The molecule has 0 aliphatic carbocycles. The highest BCUT2D eigenvalue weighted by Gasteiger charge is 2.12. The number of nitrogens with two attached hydrogens (primary N) is 1. The first-order valence-corrected chi connectivity index (χ1v) is 6.60. The summed E-state index contributed by atoms with van der Waals surface area (Å²) in [5.74, 6) is 0. The average Bonchev–Trinajstić information content (AvgIpc) is 2.79. The maximum absolute atomic E-state index is 6.17. The lowest BCUT2D eigenvalue weighted by Gasteiger charge is -2.21. The van der Waals surface area contributed by atoms with Gasteiger partial charge >= 0.3 is 0 Å². The van der Waals surface area contributed by atoms with Gasteiger partial charge in [0.15, 0.2) is 0 Å². The molecule has 2 rings (SSSR count). The number of nitrogens with zero attached hydrogens (tertiary/aromatic N) is 3. The molecule has 1 heterocycles. The Balaban J connectivity index is 1.94. The monoisotopic (exact) mass is 278 g/mol. The van der Waals surface area contributed by atoms with Crippen LogP contribution in [0.3, 0.4) is 0 Å². The smallest absolute Gasteiger partial charge is 0.0537 e. The van der Waals surface area contributed by atoms with Crippen molar-refractivity contribution in [3.8, 4) is 0 Å². The summed E-state index contributed by atoms with van der Waals surface area (Å²) in [5.41, 5.74) is 8.34. The Morgan fingerprint density at radius 3 is 2.79 bits per heavy atom. The first kappa shape index (κ1) is 14.1. The second kappa shape index (κ2) is 6.19. The first-order valence-electron chi connectivity index (χ1n) is 6.22. The van der Waals surface area contributed by atoms with Gasteiger partial charge in [-0.2, -0.15) is 5.10 Å². The number of rotatable bonds is 5. The molecule has 4 nitrogen and oxygen atoms in total. The van der Waals surface area contributed by atoms with Crippen molar-refractivity contribution >= 4 is 11.6 Å². The standard InChI is InChI=1S/C14H19ClN4/c1-18(8-11-5-3-4-6-13(11)15)10-14(16)12-7-17-19(2)9-12/h3-7,9,14H,8,10,16H2,1-2H3. The van der Waals surface area contributed by atoms with Gasteiger partial charge in [0.2, 0.25) is 0 Å². The van der Waals surface area contributed by atoms with Crippen molar-refractivity contribution in [2.24, 2.45) is 12.8 Å². The van der Waals surface area contributed by atoms with E-state index in [0.717, 1.165) is 29.2 Å². The fourth-order valence-corrected chi connectivity index (χ4v) is 2.25. The lowest BCUT2D eigenvalue weighted by atomic mass is 10.1. The average molecular weight is 279 g/mol. The van der Waals surface area contributed by atoms with E-state index >= 15 is 0 Å². The number of aryl methyl sites for hydroxylation is 1. The fourth-order valence-electron chi connectivity index (χ4n) is 2.05. The van der Waals surface area contributed by atoms with Crippen LogP contribution in [0.5, 0.6) is 0 Å². The normalized spacial score (nSPS) is 12.9. The van der Waals surface area contributed by atoms with Crippen LogP contribution in [0.2, 0.25) is 5.02 Å². The van der Waals surface area contributed by atoms with Crippen molar-refractivity contribution in [2.45, 2.75) is 12.6 Å². The highest BCUT2D eigenvalue weighted by molar-refractivity contribution is 6.31. The molecule has 0 saturated heterocycles. The number of benzene rings is 1. The number of hydrogen-bond donors (Lipinski definition) is 1. The topological polar surface area (TPSA) is 47.1 Å². The summed E-state index contributed by atoms with van der Waals surface area (Å²) in [7, 11) is 3.93. The van der Waals surface area contributed by atoms with Crippen molar-refractivity contribution in [2.75, 3.05) is 13.6 Å². The highest BCUT2D eigenvalue weighted by Crippen LogP contribution is 2.17. The van der Waals surface area contributed by atoms with Gasteiger partial charge in [-0.3, -0.25) is 4.68 Å². The molecule has 0 fully saturated rings. The van der Waals surface area contributed by atoms with Crippen LogP contribution in [0.25, 0.3) is 0 Å². The predicted molar refractivity (Wildman–Crippen MR) is 77.9 cm³/mol.